The van der Waals surface area contributed by atoms with Crippen LogP contribution < -0.4 is 9.54 Å². The van der Waals surface area contributed by atoms with Gasteiger partial charge in [0.2, 0.25) is 0 Å². The van der Waals surface area contributed by atoms with Gasteiger partial charge in [0.25, 0.3) is 5.91 Å². The first-order valence-corrected chi connectivity index (χ1v) is 8.46. The van der Waals surface area contributed by atoms with Gasteiger partial charge in [0.15, 0.2) is 4.80 Å². The fraction of sp³-hybridized carbons (Fsp3) is 0.158. The van der Waals surface area contributed by atoms with Crippen molar-refractivity contribution in [2.45, 2.75) is 6.92 Å². The highest BCUT2D eigenvalue weighted by Crippen LogP contribution is 2.24. The lowest BCUT2D eigenvalue weighted by atomic mass is 10.1. The Morgan fingerprint density at radius 3 is 2.60 bits per heavy atom. The van der Waals surface area contributed by atoms with Crippen molar-refractivity contribution < 1.29 is 13.9 Å². The minimum Gasteiger partial charge on any atom is -0.497 e. The fourth-order valence-electron chi connectivity index (χ4n) is 2.60. The quantitative estimate of drug-likeness (QED) is 0.713. The van der Waals surface area contributed by atoms with E-state index in [2.05, 4.69) is 4.99 Å². The Balaban J connectivity index is 2.03. The molecule has 0 unspecified atom stereocenters. The fourth-order valence-corrected chi connectivity index (χ4v) is 3.58. The van der Waals surface area contributed by atoms with Gasteiger partial charge in [0.1, 0.15) is 11.6 Å². The van der Waals surface area contributed by atoms with Crippen LogP contribution in [0.25, 0.3) is 11.3 Å². The molecule has 0 aliphatic heterocycles. The van der Waals surface area contributed by atoms with E-state index in [-0.39, 0.29) is 11.7 Å². The van der Waals surface area contributed by atoms with Gasteiger partial charge in [-0.1, -0.05) is 6.07 Å². The predicted octanol–water partition coefficient (Wildman–Crippen LogP) is 3.95. The average molecular weight is 356 g/mol. The Bertz CT molecular complexity index is 987. The molecule has 3 rings (SSSR count). The van der Waals surface area contributed by atoms with Gasteiger partial charge in [-0.2, -0.15) is 4.99 Å². The van der Waals surface area contributed by atoms with E-state index in [0.717, 1.165) is 16.1 Å². The molecule has 6 heteroatoms. The Kier molecular flexibility index (Phi) is 4.81. The summed E-state index contributed by atoms with van der Waals surface area (Å²) in [6, 6.07) is 13.2. The number of carbonyl (C=O) groups excluding carboxylic acids is 1. The highest BCUT2D eigenvalue weighted by atomic mass is 32.1. The molecule has 0 N–H and O–H groups in total. The third-order valence-corrected chi connectivity index (χ3v) is 4.88. The van der Waals surface area contributed by atoms with Crippen LogP contribution in [-0.4, -0.2) is 17.6 Å². The molecule has 0 radical (unpaired) electrons. The predicted molar refractivity (Wildman–Crippen MR) is 96.3 cm³/mol. The lowest BCUT2D eigenvalue weighted by Crippen LogP contribution is -2.14. The first kappa shape index (κ1) is 17.1. The number of methoxy groups -OCH3 is 1. The molecule has 4 nitrogen and oxygen atoms in total. The zero-order valence-corrected chi connectivity index (χ0v) is 14.9. The lowest BCUT2D eigenvalue weighted by molar-refractivity contribution is 0.0997. The monoisotopic (exact) mass is 356 g/mol. The van der Waals surface area contributed by atoms with Crippen LogP contribution in [-0.2, 0) is 7.05 Å². The number of carbonyl (C=O) groups is 1. The van der Waals surface area contributed by atoms with Gasteiger partial charge in [-0.15, -0.1) is 11.3 Å². The van der Waals surface area contributed by atoms with E-state index in [1.807, 2.05) is 18.5 Å². The Morgan fingerprint density at radius 1 is 1.20 bits per heavy atom. The Morgan fingerprint density at radius 2 is 1.92 bits per heavy atom. The largest absolute Gasteiger partial charge is 0.497 e. The maximum absolute atomic E-state index is 13.2. The molecular weight excluding hydrogens is 339 g/mol. The van der Waals surface area contributed by atoms with Gasteiger partial charge in [-0.25, -0.2) is 4.39 Å². The van der Waals surface area contributed by atoms with E-state index in [4.69, 9.17) is 4.74 Å². The molecule has 0 bridgehead atoms. The van der Waals surface area contributed by atoms with Crippen molar-refractivity contribution in [2.75, 3.05) is 7.11 Å². The van der Waals surface area contributed by atoms with E-state index in [9.17, 15) is 9.18 Å². The van der Waals surface area contributed by atoms with Crippen LogP contribution in [0.1, 0.15) is 15.2 Å². The van der Waals surface area contributed by atoms with E-state index >= 15 is 0 Å². The standard InChI is InChI=1S/C19H17FN2O2S/c1-12-17(13-7-9-15(20)10-8-13)22(2)19(25-12)21-18(23)14-5-4-6-16(11-14)24-3/h4-11H,1-3H3. The highest BCUT2D eigenvalue weighted by molar-refractivity contribution is 7.09. The number of benzene rings is 2. The number of nitrogens with zero attached hydrogens (tertiary/aromatic N) is 2. The molecule has 25 heavy (non-hydrogen) atoms. The summed E-state index contributed by atoms with van der Waals surface area (Å²) in [7, 11) is 3.40. The van der Waals surface area contributed by atoms with Crippen LogP contribution in [0.2, 0.25) is 0 Å². The van der Waals surface area contributed by atoms with Gasteiger partial charge in [-0.05, 0) is 55.0 Å². The highest BCUT2D eigenvalue weighted by Gasteiger charge is 2.12. The number of amides is 1. The summed E-state index contributed by atoms with van der Waals surface area (Å²) < 4.78 is 20.1. The number of rotatable bonds is 3. The molecule has 1 heterocycles. The van der Waals surface area contributed by atoms with E-state index in [0.29, 0.717) is 16.1 Å². The molecule has 1 amide bonds. The molecular formula is C19H17FN2O2S. The number of thiazole rings is 1. The van der Waals surface area contributed by atoms with Crippen molar-refractivity contribution in [3.8, 4) is 17.0 Å². The van der Waals surface area contributed by atoms with E-state index in [1.54, 1.807) is 43.5 Å². The third-order valence-electron chi connectivity index (χ3n) is 3.83. The second-order valence-electron chi connectivity index (χ2n) is 5.50. The van der Waals surface area contributed by atoms with Crippen LogP contribution in [0.5, 0.6) is 5.75 Å². The van der Waals surface area contributed by atoms with Gasteiger partial charge >= 0.3 is 0 Å². The first-order valence-electron chi connectivity index (χ1n) is 7.65. The second-order valence-corrected chi connectivity index (χ2v) is 6.69. The third kappa shape index (κ3) is 3.53. The maximum Gasteiger partial charge on any atom is 0.279 e. The van der Waals surface area contributed by atoms with Crippen molar-refractivity contribution in [3.05, 3.63) is 69.6 Å². The molecule has 128 valence electrons. The van der Waals surface area contributed by atoms with Crippen molar-refractivity contribution in [2.24, 2.45) is 12.0 Å². The normalized spacial score (nSPS) is 11.6. The van der Waals surface area contributed by atoms with Gasteiger partial charge in [0, 0.05) is 17.5 Å². The molecule has 3 aromatic rings. The van der Waals surface area contributed by atoms with Crippen LogP contribution in [0.3, 0.4) is 0 Å². The molecule has 0 aliphatic rings. The maximum atomic E-state index is 13.2. The minimum atomic E-state index is -0.332. The zero-order valence-electron chi connectivity index (χ0n) is 14.1. The summed E-state index contributed by atoms with van der Waals surface area (Å²) in [6.07, 6.45) is 0. The number of halogens is 1. The Labute approximate surface area is 148 Å². The van der Waals surface area contributed by atoms with Crippen molar-refractivity contribution in [1.29, 1.82) is 0 Å². The molecule has 1 aromatic heterocycles. The smallest absolute Gasteiger partial charge is 0.279 e. The molecule has 0 saturated heterocycles. The Hall–Kier alpha value is -2.73. The zero-order chi connectivity index (χ0) is 18.0. The first-order chi connectivity index (χ1) is 12.0. The topological polar surface area (TPSA) is 43.6 Å². The van der Waals surface area contributed by atoms with E-state index in [1.165, 1.54) is 23.5 Å². The second kappa shape index (κ2) is 7.03. The molecule has 0 atom stereocenters. The molecule has 2 aromatic carbocycles. The van der Waals surface area contributed by atoms with Gasteiger partial charge in [0.05, 0.1) is 12.8 Å². The van der Waals surface area contributed by atoms with Gasteiger partial charge in [-0.3, -0.25) is 4.79 Å². The molecule has 0 aliphatic carbocycles. The summed E-state index contributed by atoms with van der Waals surface area (Å²) in [5.74, 6) is -0.00130. The number of ether oxygens (including phenoxy) is 1. The molecule has 0 fully saturated rings. The van der Waals surface area contributed by atoms with Gasteiger partial charge < -0.3 is 9.30 Å². The van der Waals surface area contributed by atoms with Crippen LogP contribution >= 0.6 is 11.3 Å². The van der Waals surface area contributed by atoms with Crippen molar-refractivity contribution >= 4 is 17.2 Å². The number of hydrogen-bond acceptors (Lipinski definition) is 3. The van der Waals surface area contributed by atoms with Crippen LogP contribution in [0.4, 0.5) is 4.39 Å². The number of hydrogen-bond donors (Lipinski definition) is 0. The summed E-state index contributed by atoms with van der Waals surface area (Å²) in [5.41, 5.74) is 2.27. The summed E-state index contributed by atoms with van der Waals surface area (Å²) in [6.45, 7) is 1.96. The number of aryl methyl sites for hydroxylation is 1. The minimum absolute atomic E-state index is 0.280. The van der Waals surface area contributed by atoms with Crippen LogP contribution in [0, 0.1) is 12.7 Å². The molecule has 0 saturated carbocycles. The average Bonchev–Trinajstić information content (AvgIpc) is 2.89. The van der Waals surface area contributed by atoms with E-state index < -0.39 is 0 Å². The lowest BCUT2D eigenvalue weighted by Gasteiger charge is -2.04. The molecule has 0 spiro atoms. The van der Waals surface area contributed by atoms with Crippen molar-refractivity contribution in [3.63, 3.8) is 0 Å². The summed E-state index contributed by atoms with van der Waals surface area (Å²) >= 11 is 1.42. The summed E-state index contributed by atoms with van der Waals surface area (Å²) in [4.78, 5) is 18.3. The van der Waals surface area contributed by atoms with Crippen LogP contribution in [0.15, 0.2) is 53.5 Å². The van der Waals surface area contributed by atoms with Crippen molar-refractivity contribution in [1.82, 2.24) is 4.57 Å². The SMILES string of the molecule is COc1cccc(C(=O)N=c2sc(C)c(-c3ccc(F)cc3)n2C)c1. The number of aromatic nitrogens is 1. The summed E-state index contributed by atoms with van der Waals surface area (Å²) in [5, 5.41) is 0.